The van der Waals surface area contributed by atoms with Crippen molar-refractivity contribution in [2.75, 3.05) is 19.5 Å². The highest BCUT2D eigenvalue weighted by atomic mass is 35.5. The number of halogens is 1. The summed E-state index contributed by atoms with van der Waals surface area (Å²) in [6.45, 7) is 2.60. The molecule has 0 radical (unpaired) electrons. The van der Waals surface area contributed by atoms with Gasteiger partial charge in [-0.1, -0.05) is 23.7 Å². The smallest absolute Gasteiger partial charge is 0.152 e. The molecule has 19 heavy (non-hydrogen) atoms. The molecule has 2 N–H and O–H groups in total. The van der Waals surface area contributed by atoms with E-state index in [-0.39, 0.29) is 12.5 Å². The van der Waals surface area contributed by atoms with Crippen molar-refractivity contribution >= 4 is 21.4 Å². The topological polar surface area (TPSA) is 69.4 Å². The van der Waals surface area contributed by atoms with Gasteiger partial charge in [-0.15, -0.1) is 0 Å². The van der Waals surface area contributed by atoms with Crippen molar-refractivity contribution in [1.29, 1.82) is 0 Å². The first-order chi connectivity index (χ1) is 8.80. The zero-order valence-electron chi connectivity index (χ0n) is 11.0. The summed E-state index contributed by atoms with van der Waals surface area (Å²) in [6, 6.07) is 7.18. The van der Waals surface area contributed by atoms with E-state index >= 15 is 0 Å². The fraction of sp³-hybridized carbons (Fsp3) is 0.538. The number of rotatable bonds is 5. The summed E-state index contributed by atoms with van der Waals surface area (Å²) in [6.07, 6.45) is 1.22. The summed E-state index contributed by atoms with van der Waals surface area (Å²) in [5.41, 5.74) is 6.24. The standard InChI is InChI=1S/C13H18ClNO3S/c1-3-18-8-13(15)11(12(13)19(2,16)17)9-5-4-6-10(14)7-9/h4-7,11-12H,3,8,15H2,1-2H3/t11-,12-,13+/m1/s1. The maximum Gasteiger partial charge on any atom is 0.152 e. The molecule has 1 aromatic carbocycles. The lowest BCUT2D eigenvalue weighted by molar-refractivity contribution is 0.125. The van der Waals surface area contributed by atoms with Crippen LogP contribution in [-0.2, 0) is 14.6 Å². The van der Waals surface area contributed by atoms with E-state index in [0.29, 0.717) is 11.6 Å². The van der Waals surface area contributed by atoms with E-state index < -0.39 is 20.6 Å². The molecule has 0 aromatic heterocycles. The summed E-state index contributed by atoms with van der Waals surface area (Å²) in [4.78, 5) is 0. The fourth-order valence-electron chi connectivity index (χ4n) is 2.70. The van der Waals surface area contributed by atoms with E-state index in [0.717, 1.165) is 5.56 Å². The van der Waals surface area contributed by atoms with Gasteiger partial charge in [-0.25, -0.2) is 8.42 Å². The molecule has 0 bridgehead atoms. The summed E-state index contributed by atoms with van der Waals surface area (Å²) >= 11 is 5.95. The molecule has 1 aliphatic rings. The molecule has 1 saturated carbocycles. The molecule has 106 valence electrons. The number of hydrogen-bond acceptors (Lipinski definition) is 4. The average molecular weight is 304 g/mol. The summed E-state index contributed by atoms with van der Waals surface area (Å²) in [7, 11) is -3.23. The lowest BCUT2D eigenvalue weighted by Crippen LogP contribution is -2.36. The van der Waals surface area contributed by atoms with Gasteiger partial charge in [-0.05, 0) is 24.6 Å². The van der Waals surface area contributed by atoms with Crippen molar-refractivity contribution in [1.82, 2.24) is 0 Å². The minimum Gasteiger partial charge on any atom is -0.380 e. The molecule has 0 heterocycles. The molecule has 0 aliphatic heterocycles. The quantitative estimate of drug-likeness (QED) is 0.897. The SMILES string of the molecule is CCOC[C@]1(N)[C@H](c2cccc(Cl)c2)[C@H]1S(C)(=O)=O. The Balaban J connectivity index is 2.33. The van der Waals surface area contributed by atoms with Crippen LogP contribution in [0.2, 0.25) is 5.02 Å². The molecule has 0 amide bonds. The maximum absolute atomic E-state index is 11.9. The van der Waals surface area contributed by atoms with Crippen molar-refractivity contribution < 1.29 is 13.2 Å². The van der Waals surface area contributed by atoms with Gasteiger partial charge in [-0.2, -0.15) is 0 Å². The summed E-state index contributed by atoms with van der Waals surface area (Å²) in [5, 5.41) is -0.0274. The molecule has 1 aliphatic carbocycles. The Morgan fingerprint density at radius 3 is 2.68 bits per heavy atom. The van der Waals surface area contributed by atoms with E-state index in [1.54, 1.807) is 18.2 Å². The van der Waals surface area contributed by atoms with E-state index in [1.165, 1.54) is 6.26 Å². The third-order valence-electron chi connectivity index (χ3n) is 3.53. The second-order valence-electron chi connectivity index (χ2n) is 5.03. The average Bonchev–Trinajstić information content (AvgIpc) is 2.94. The van der Waals surface area contributed by atoms with Crippen molar-refractivity contribution in [2.45, 2.75) is 23.6 Å². The van der Waals surface area contributed by atoms with Crippen LogP contribution in [0, 0.1) is 0 Å². The Kier molecular flexibility index (Phi) is 3.93. The number of ether oxygens (including phenoxy) is 1. The van der Waals surface area contributed by atoms with Crippen LogP contribution in [0.3, 0.4) is 0 Å². The van der Waals surface area contributed by atoms with Gasteiger partial charge in [0.25, 0.3) is 0 Å². The van der Waals surface area contributed by atoms with Crippen LogP contribution in [0.1, 0.15) is 18.4 Å². The monoisotopic (exact) mass is 303 g/mol. The van der Waals surface area contributed by atoms with Crippen LogP contribution in [0.5, 0.6) is 0 Å². The van der Waals surface area contributed by atoms with Gasteiger partial charge >= 0.3 is 0 Å². The Labute approximate surface area is 118 Å². The zero-order valence-corrected chi connectivity index (χ0v) is 12.5. The third kappa shape index (κ3) is 2.79. The van der Waals surface area contributed by atoms with E-state index in [9.17, 15) is 8.42 Å². The number of benzene rings is 1. The molecule has 0 unspecified atom stereocenters. The molecule has 2 rings (SSSR count). The van der Waals surface area contributed by atoms with Crippen molar-refractivity contribution in [2.24, 2.45) is 5.73 Å². The molecule has 1 aromatic rings. The lowest BCUT2D eigenvalue weighted by atomic mass is 10.1. The molecule has 0 saturated heterocycles. The third-order valence-corrected chi connectivity index (χ3v) is 5.40. The first kappa shape index (κ1) is 14.8. The molecule has 1 fully saturated rings. The van der Waals surface area contributed by atoms with Crippen LogP contribution in [0.4, 0.5) is 0 Å². The Morgan fingerprint density at radius 1 is 1.47 bits per heavy atom. The predicted octanol–water partition coefficient (Wildman–Crippen LogP) is 1.58. The highest BCUT2D eigenvalue weighted by molar-refractivity contribution is 7.91. The van der Waals surface area contributed by atoms with Crippen LogP contribution in [0.25, 0.3) is 0 Å². The van der Waals surface area contributed by atoms with E-state index in [1.807, 2.05) is 13.0 Å². The van der Waals surface area contributed by atoms with Gasteiger partial charge in [-0.3, -0.25) is 0 Å². The first-order valence-electron chi connectivity index (χ1n) is 6.11. The van der Waals surface area contributed by atoms with Gasteiger partial charge in [0, 0.05) is 23.8 Å². The number of sulfone groups is 1. The second-order valence-corrected chi connectivity index (χ2v) is 7.64. The second kappa shape index (κ2) is 5.05. The molecule has 4 nitrogen and oxygen atoms in total. The van der Waals surface area contributed by atoms with Gasteiger partial charge in [0.15, 0.2) is 9.84 Å². The van der Waals surface area contributed by atoms with Crippen molar-refractivity contribution in [3.63, 3.8) is 0 Å². The Bertz CT molecular complexity index is 575. The molecule has 6 heteroatoms. The van der Waals surface area contributed by atoms with Crippen molar-refractivity contribution in [3.8, 4) is 0 Å². The highest BCUT2D eigenvalue weighted by Gasteiger charge is 2.68. The largest absolute Gasteiger partial charge is 0.380 e. The van der Waals surface area contributed by atoms with Crippen LogP contribution < -0.4 is 5.73 Å². The van der Waals surface area contributed by atoms with Gasteiger partial charge in [0.2, 0.25) is 0 Å². The summed E-state index contributed by atoms with van der Waals surface area (Å²) in [5.74, 6) is -0.257. The maximum atomic E-state index is 11.9. The van der Waals surface area contributed by atoms with Gasteiger partial charge in [0.1, 0.15) is 0 Å². The molecule has 3 atom stereocenters. The van der Waals surface area contributed by atoms with Crippen LogP contribution in [-0.4, -0.2) is 38.7 Å². The highest BCUT2D eigenvalue weighted by Crippen LogP contribution is 2.54. The molecular weight excluding hydrogens is 286 g/mol. The van der Waals surface area contributed by atoms with Crippen LogP contribution in [0.15, 0.2) is 24.3 Å². The predicted molar refractivity (Wildman–Crippen MR) is 76.2 cm³/mol. The van der Waals surface area contributed by atoms with E-state index in [2.05, 4.69) is 0 Å². The minimum atomic E-state index is -3.23. The lowest BCUT2D eigenvalue weighted by Gasteiger charge is -2.11. The van der Waals surface area contributed by atoms with E-state index in [4.69, 9.17) is 22.1 Å². The normalized spacial score (nSPS) is 30.3. The number of nitrogens with two attached hydrogens (primary N) is 1. The Hall–Kier alpha value is -0.620. The Morgan fingerprint density at radius 2 is 2.16 bits per heavy atom. The summed E-state index contributed by atoms with van der Waals surface area (Å²) < 4.78 is 29.1. The molecule has 0 spiro atoms. The zero-order chi connectivity index (χ0) is 14.3. The van der Waals surface area contributed by atoms with Crippen molar-refractivity contribution in [3.05, 3.63) is 34.9 Å². The van der Waals surface area contributed by atoms with Crippen LogP contribution >= 0.6 is 11.6 Å². The van der Waals surface area contributed by atoms with Gasteiger partial charge < -0.3 is 10.5 Å². The number of hydrogen-bond donors (Lipinski definition) is 1. The van der Waals surface area contributed by atoms with Gasteiger partial charge in [0.05, 0.1) is 17.4 Å². The fourth-order valence-corrected chi connectivity index (χ4v) is 4.74. The first-order valence-corrected chi connectivity index (χ1v) is 8.45. The molecular formula is C13H18ClNO3S. The minimum absolute atomic E-state index is 0.235.